The number of aryl methyl sites for hydroxylation is 1. The summed E-state index contributed by atoms with van der Waals surface area (Å²) in [6, 6.07) is 5.28. The van der Waals surface area contributed by atoms with Crippen molar-refractivity contribution in [2.75, 3.05) is 0 Å². The number of rotatable bonds is 3. The molecule has 0 unspecified atom stereocenters. The lowest BCUT2D eigenvalue weighted by molar-refractivity contribution is -0.0888. The van der Waals surface area contributed by atoms with E-state index in [9.17, 15) is 18.0 Å². The maximum absolute atomic E-state index is 12.2. The predicted molar refractivity (Wildman–Crippen MR) is 58.5 cm³/mol. The Balaban J connectivity index is 2.16. The monoisotopic (exact) mass is 270 g/mol. The van der Waals surface area contributed by atoms with Crippen LogP contribution in [-0.2, 0) is 6.54 Å². The summed E-state index contributed by atoms with van der Waals surface area (Å²) in [6.07, 6.45) is -3.98. The molecule has 0 fully saturated rings. The van der Waals surface area contributed by atoms with Crippen LogP contribution >= 0.6 is 0 Å². The summed E-state index contributed by atoms with van der Waals surface area (Å²) in [5, 5.41) is 6.70. The maximum Gasteiger partial charge on any atom is 0.456 e. The maximum atomic E-state index is 12.2. The Morgan fingerprint density at radius 3 is 2.74 bits per heavy atom. The number of Topliss-reactive ketones (excluding diaryl/α,β-unsaturated/α-hetero) is 1. The number of carbonyl (C=O) groups is 1. The van der Waals surface area contributed by atoms with Gasteiger partial charge in [0.05, 0.1) is 18.4 Å². The Bertz CT molecular complexity index is 606. The Kier molecular flexibility index (Phi) is 3.32. The standard InChI is InChI=1S/C11H9F3N4O/c1-7-3-2-4-8(15-7)5-18-6-9(16-17-18)10(19)11(12,13)14/h2-4,6H,5H2,1H3. The van der Waals surface area contributed by atoms with Gasteiger partial charge in [0, 0.05) is 5.69 Å². The van der Waals surface area contributed by atoms with E-state index in [1.54, 1.807) is 25.1 Å². The highest BCUT2D eigenvalue weighted by molar-refractivity contribution is 5.98. The number of aromatic nitrogens is 4. The van der Waals surface area contributed by atoms with E-state index < -0.39 is 17.7 Å². The fraction of sp³-hybridized carbons (Fsp3) is 0.273. The first-order valence-electron chi connectivity index (χ1n) is 5.30. The molecule has 0 aliphatic rings. The van der Waals surface area contributed by atoms with Gasteiger partial charge in [-0.05, 0) is 19.1 Å². The predicted octanol–water partition coefficient (Wildman–Crippen LogP) is 1.77. The van der Waals surface area contributed by atoms with Crippen molar-refractivity contribution in [3.05, 3.63) is 41.5 Å². The molecule has 100 valence electrons. The first kappa shape index (κ1) is 13.2. The minimum Gasteiger partial charge on any atom is -0.282 e. The van der Waals surface area contributed by atoms with Crippen LogP contribution < -0.4 is 0 Å². The topological polar surface area (TPSA) is 60.7 Å². The number of nitrogens with zero attached hydrogens (tertiary/aromatic N) is 4. The molecule has 0 amide bonds. The van der Waals surface area contributed by atoms with Crippen molar-refractivity contribution in [3.63, 3.8) is 0 Å². The van der Waals surface area contributed by atoms with Crippen LogP contribution in [0.1, 0.15) is 21.9 Å². The number of ketones is 1. The van der Waals surface area contributed by atoms with Crippen molar-refractivity contribution in [3.8, 4) is 0 Å². The van der Waals surface area contributed by atoms with Crippen LogP contribution in [0.25, 0.3) is 0 Å². The van der Waals surface area contributed by atoms with Gasteiger partial charge in [-0.25, -0.2) is 4.68 Å². The highest BCUT2D eigenvalue weighted by Gasteiger charge is 2.41. The summed E-state index contributed by atoms with van der Waals surface area (Å²) >= 11 is 0. The zero-order chi connectivity index (χ0) is 14.0. The van der Waals surface area contributed by atoms with Gasteiger partial charge in [0.15, 0.2) is 5.69 Å². The number of hydrogen-bond acceptors (Lipinski definition) is 4. The molecule has 0 aromatic carbocycles. The minimum absolute atomic E-state index is 0.153. The van der Waals surface area contributed by atoms with Gasteiger partial charge < -0.3 is 0 Å². The van der Waals surface area contributed by atoms with Crippen molar-refractivity contribution >= 4 is 5.78 Å². The van der Waals surface area contributed by atoms with Crippen molar-refractivity contribution in [1.29, 1.82) is 0 Å². The molecular formula is C11H9F3N4O. The van der Waals surface area contributed by atoms with E-state index in [0.717, 1.165) is 16.6 Å². The summed E-state index contributed by atoms with van der Waals surface area (Å²) in [4.78, 5) is 15.1. The molecule has 2 rings (SSSR count). The average molecular weight is 270 g/mol. The van der Waals surface area contributed by atoms with Gasteiger partial charge in [0.25, 0.3) is 5.78 Å². The van der Waals surface area contributed by atoms with Gasteiger partial charge >= 0.3 is 6.18 Å². The number of alkyl halides is 3. The largest absolute Gasteiger partial charge is 0.456 e. The minimum atomic E-state index is -4.94. The lowest BCUT2D eigenvalue weighted by Crippen LogP contribution is -2.23. The fourth-order valence-corrected chi connectivity index (χ4v) is 1.48. The first-order chi connectivity index (χ1) is 8.86. The molecule has 0 spiro atoms. The molecule has 2 heterocycles. The highest BCUT2D eigenvalue weighted by Crippen LogP contribution is 2.19. The zero-order valence-electron chi connectivity index (χ0n) is 9.85. The van der Waals surface area contributed by atoms with E-state index in [-0.39, 0.29) is 6.54 Å². The molecule has 19 heavy (non-hydrogen) atoms. The van der Waals surface area contributed by atoms with Crippen molar-refractivity contribution < 1.29 is 18.0 Å². The molecule has 8 heteroatoms. The third-order valence-corrected chi connectivity index (χ3v) is 2.30. The second-order valence-corrected chi connectivity index (χ2v) is 3.90. The molecular weight excluding hydrogens is 261 g/mol. The molecule has 0 N–H and O–H groups in total. The Morgan fingerprint density at radius 2 is 2.11 bits per heavy atom. The van der Waals surface area contributed by atoms with Crippen LogP contribution in [0.5, 0.6) is 0 Å². The Morgan fingerprint density at radius 1 is 1.37 bits per heavy atom. The first-order valence-corrected chi connectivity index (χ1v) is 5.30. The van der Waals surface area contributed by atoms with E-state index in [4.69, 9.17) is 0 Å². The Labute approximate surface area is 106 Å². The third-order valence-electron chi connectivity index (χ3n) is 2.30. The average Bonchev–Trinajstić information content (AvgIpc) is 2.75. The lowest BCUT2D eigenvalue weighted by Gasteiger charge is -2.01. The SMILES string of the molecule is Cc1cccc(Cn2cc(C(=O)C(F)(F)F)nn2)n1. The molecule has 5 nitrogen and oxygen atoms in total. The van der Waals surface area contributed by atoms with Crippen molar-refractivity contribution in [1.82, 2.24) is 20.0 Å². The van der Waals surface area contributed by atoms with Gasteiger partial charge in [0.1, 0.15) is 0 Å². The third kappa shape index (κ3) is 3.15. The molecule has 0 aliphatic carbocycles. The van der Waals surface area contributed by atoms with Crippen LogP contribution in [0.4, 0.5) is 13.2 Å². The molecule has 2 aromatic heterocycles. The van der Waals surface area contributed by atoms with Crippen LogP contribution in [0, 0.1) is 6.92 Å². The van der Waals surface area contributed by atoms with Gasteiger partial charge in [-0.1, -0.05) is 11.3 Å². The molecule has 0 atom stereocenters. The summed E-state index contributed by atoms with van der Waals surface area (Å²) < 4.78 is 37.7. The summed E-state index contributed by atoms with van der Waals surface area (Å²) in [6.45, 7) is 1.95. The van der Waals surface area contributed by atoms with Crippen LogP contribution in [-0.4, -0.2) is 31.9 Å². The van der Waals surface area contributed by atoms with Gasteiger partial charge in [0.2, 0.25) is 0 Å². The second kappa shape index (κ2) is 4.79. The smallest absolute Gasteiger partial charge is 0.282 e. The van der Waals surface area contributed by atoms with E-state index in [0.29, 0.717) is 5.69 Å². The molecule has 0 bridgehead atoms. The normalized spacial score (nSPS) is 11.6. The van der Waals surface area contributed by atoms with Gasteiger partial charge in [-0.15, -0.1) is 5.10 Å². The summed E-state index contributed by atoms with van der Waals surface area (Å²) in [5.74, 6) is -2.00. The number of pyridine rings is 1. The fourth-order valence-electron chi connectivity index (χ4n) is 1.48. The van der Waals surface area contributed by atoms with Crippen LogP contribution in [0.15, 0.2) is 24.4 Å². The van der Waals surface area contributed by atoms with E-state index in [1.807, 2.05) is 0 Å². The Hall–Kier alpha value is -2.25. The quantitative estimate of drug-likeness (QED) is 0.797. The molecule has 0 saturated carbocycles. The zero-order valence-corrected chi connectivity index (χ0v) is 9.85. The second-order valence-electron chi connectivity index (χ2n) is 3.90. The van der Waals surface area contributed by atoms with E-state index >= 15 is 0 Å². The molecule has 0 radical (unpaired) electrons. The molecule has 0 saturated heterocycles. The number of carbonyl (C=O) groups excluding carboxylic acids is 1. The van der Waals surface area contributed by atoms with Crippen LogP contribution in [0.3, 0.4) is 0 Å². The van der Waals surface area contributed by atoms with Crippen molar-refractivity contribution in [2.45, 2.75) is 19.6 Å². The van der Waals surface area contributed by atoms with Crippen molar-refractivity contribution in [2.24, 2.45) is 0 Å². The highest BCUT2D eigenvalue weighted by atomic mass is 19.4. The van der Waals surface area contributed by atoms with Gasteiger partial charge in [-0.2, -0.15) is 13.2 Å². The van der Waals surface area contributed by atoms with Crippen LogP contribution in [0.2, 0.25) is 0 Å². The molecule has 0 aliphatic heterocycles. The van der Waals surface area contributed by atoms with E-state index in [2.05, 4.69) is 15.3 Å². The number of hydrogen-bond donors (Lipinski definition) is 0. The molecule has 2 aromatic rings. The summed E-state index contributed by atoms with van der Waals surface area (Å²) in [5.41, 5.74) is 0.681. The summed E-state index contributed by atoms with van der Waals surface area (Å²) in [7, 11) is 0. The lowest BCUT2D eigenvalue weighted by atomic mass is 10.3. The van der Waals surface area contributed by atoms with E-state index in [1.165, 1.54) is 0 Å². The number of halogens is 3. The van der Waals surface area contributed by atoms with Gasteiger partial charge in [-0.3, -0.25) is 9.78 Å².